The molecule has 0 unspecified atom stereocenters. The van der Waals surface area contributed by atoms with E-state index in [1.807, 2.05) is 31.2 Å². The highest BCUT2D eigenvalue weighted by atomic mass is 16.5. The highest BCUT2D eigenvalue weighted by Gasteiger charge is 2.13. The van der Waals surface area contributed by atoms with Crippen molar-refractivity contribution in [3.05, 3.63) is 35.4 Å². The Labute approximate surface area is 109 Å². The number of rotatable bonds is 4. The van der Waals surface area contributed by atoms with E-state index in [1.54, 1.807) is 0 Å². The molecule has 18 heavy (non-hydrogen) atoms. The zero-order valence-corrected chi connectivity index (χ0v) is 11.3. The van der Waals surface area contributed by atoms with Gasteiger partial charge in [0, 0.05) is 18.9 Å². The Morgan fingerprint density at radius 2 is 2.11 bits per heavy atom. The van der Waals surface area contributed by atoms with E-state index >= 15 is 0 Å². The number of hydrogen-bond acceptors (Lipinski definition) is 2. The zero-order chi connectivity index (χ0) is 13.4. The van der Waals surface area contributed by atoms with Crippen molar-refractivity contribution in [2.24, 2.45) is 0 Å². The number of aryl methyl sites for hydroxylation is 1. The van der Waals surface area contributed by atoms with Crippen LogP contribution in [0.3, 0.4) is 0 Å². The summed E-state index contributed by atoms with van der Waals surface area (Å²) in [6.45, 7) is 5.55. The van der Waals surface area contributed by atoms with Crippen molar-refractivity contribution in [2.75, 3.05) is 0 Å². The molecule has 0 aliphatic carbocycles. The Balaban J connectivity index is 2.87. The topological polar surface area (TPSA) is 26.3 Å². The Hall–Kier alpha value is -1.75. The van der Waals surface area contributed by atoms with Gasteiger partial charge >= 0.3 is 5.97 Å². The lowest BCUT2D eigenvalue weighted by Crippen LogP contribution is -2.08. The predicted molar refractivity (Wildman–Crippen MR) is 73.0 cm³/mol. The van der Waals surface area contributed by atoms with Crippen LogP contribution in [0.15, 0.2) is 24.3 Å². The van der Waals surface area contributed by atoms with Crippen LogP contribution in [0.25, 0.3) is 0 Å². The smallest absolute Gasteiger partial charge is 0.304 e. The number of ether oxygens (including phenoxy) is 1. The first-order valence-corrected chi connectivity index (χ1v) is 6.36. The van der Waals surface area contributed by atoms with Crippen LogP contribution in [0.2, 0.25) is 0 Å². The zero-order valence-electron chi connectivity index (χ0n) is 11.3. The normalized spacial score (nSPS) is 11.3. The first-order valence-electron chi connectivity index (χ1n) is 6.36. The van der Waals surface area contributed by atoms with Crippen LogP contribution in [-0.2, 0) is 9.53 Å². The van der Waals surface area contributed by atoms with Crippen LogP contribution >= 0.6 is 0 Å². The highest BCUT2D eigenvalue weighted by molar-refractivity contribution is 5.66. The van der Waals surface area contributed by atoms with Gasteiger partial charge in [-0.3, -0.25) is 4.79 Å². The number of carbonyl (C=O) groups excluding carboxylic acids is 1. The third kappa shape index (κ3) is 4.63. The summed E-state index contributed by atoms with van der Waals surface area (Å²) in [7, 11) is 0. The van der Waals surface area contributed by atoms with E-state index in [0.717, 1.165) is 30.4 Å². The van der Waals surface area contributed by atoms with Crippen LogP contribution in [-0.4, -0.2) is 5.97 Å². The predicted octanol–water partition coefficient (Wildman–Crippen LogP) is 3.79. The van der Waals surface area contributed by atoms with Crippen molar-refractivity contribution >= 4 is 5.97 Å². The number of esters is 1. The summed E-state index contributed by atoms with van der Waals surface area (Å²) in [4.78, 5) is 11.1. The summed E-state index contributed by atoms with van der Waals surface area (Å²) >= 11 is 0. The minimum atomic E-state index is -0.444. The minimum absolute atomic E-state index is 0.298. The van der Waals surface area contributed by atoms with Gasteiger partial charge in [-0.1, -0.05) is 49.5 Å². The van der Waals surface area contributed by atoms with E-state index in [9.17, 15) is 4.79 Å². The second-order valence-corrected chi connectivity index (χ2v) is 4.27. The van der Waals surface area contributed by atoms with Crippen molar-refractivity contribution in [1.82, 2.24) is 0 Å². The lowest BCUT2D eigenvalue weighted by molar-refractivity contribution is -0.144. The van der Waals surface area contributed by atoms with E-state index < -0.39 is 6.10 Å². The van der Waals surface area contributed by atoms with Gasteiger partial charge in [-0.25, -0.2) is 0 Å². The lowest BCUT2D eigenvalue weighted by Gasteiger charge is -2.13. The fourth-order valence-corrected chi connectivity index (χ4v) is 1.65. The Kier molecular flexibility index (Phi) is 6.00. The highest BCUT2D eigenvalue weighted by Crippen LogP contribution is 2.20. The monoisotopic (exact) mass is 244 g/mol. The fraction of sp³-hybridized carbons (Fsp3) is 0.438. The average molecular weight is 244 g/mol. The van der Waals surface area contributed by atoms with Gasteiger partial charge in [-0.15, -0.1) is 0 Å². The van der Waals surface area contributed by atoms with Crippen LogP contribution in [0, 0.1) is 18.8 Å². The first-order chi connectivity index (χ1) is 8.65. The summed E-state index contributed by atoms with van der Waals surface area (Å²) in [5.41, 5.74) is 2.06. The van der Waals surface area contributed by atoms with Crippen LogP contribution in [0.5, 0.6) is 0 Å². The third-order valence-corrected chi connectivity index (χ3v) is 2.64. The van der Waals surface area contributed by atoms with Gasteiger partial charge in [0.1, 0.15) is 0 Å². The molecule has 2 heteroatoms. The number of benzene rings is 1. The molecule has 1 aromatic rings. The SMILES string of the molecule is CCCCC#C[C@H](OC(C)=O)c1ccccc1C. The van der Waals surface area contributed by atoms with Gasteiger partial charge in [-0.05, 0) is 18.9 Å². The molecule has 1 rings (SSSR count). The minimum Gasteiger partial charge on any atom is -0.444 e. The molecule has 0 saturated carbocycles. The molecule has 1 aromatic carbocycles. The molecule has 0 aliphatic heterocycles. The van der Waals surface area contributed by atoms with Crippen molar-refractivity contribution in [3.8, 4) is 11.8 Å². The maximum atomic E-state index is 11.1. The van der Waals surface area contributed by atoms with Gasteiger partial charge in [0.2, 0.25) is 0 Å². The van der Waals surface area contributed by atoms with E-state index in [-0.39, 0.29) is 5.97 Å². The molecule has 0 heterocycles. The molecule has 0 fully saturated rings. The van der Waals surface area contributed by atoms with E-state index in [2.05, 4.69) is 18.8 Å². The number of hydrogen-bond donors (Lipinski definition) is 0. The molecule has 2 nitrogen and oxygen atoms in total. The maximum absolute atomic E-state index is 11.1. The molecule has 0 aromatic heterocycles. The molecule has 0 N–H and O–H groups in total. The molecular formula is C16H20O2. The molecular weight excluding hydrogens is 224 g/mol. The van der Waals surface area contributed by atoms with E-state index in [0.29, 0.717) is 0 Å². The largest absolute Gasteiger partial charge is 0.444 e. The summed E-state index contributed by atoms with van der Waals surface area (Å²) in [6, 6.07) is 7.86. The van der Waals surface area contributed by atoms with Crippen LogP contribution in [0.4, 0.5) is 0 Å². The van der Waals surface area contributed by atoms with E-state index in [1.165, 1.54) is 6.92 Å². The quantitative estimate of drug-likeness (QED) is 0.457. The van der Waals surface area contributed by atoms with Gasteiger partial charge < -0.3 is 4.74 Å². The summed E-state index contributed by atoms with van der Waals surface area (Å²) < 4.78 is 5.28. The number of carbonyl (C=O) groups is 1. The lowest BCUT2D eigenvalue weighted by atomic mass is 10.0. The summed E-state index contributed by atoms with van der Waals surface area (Å²) in [5.74, 6) is 5.84. The molecule has 0 saturated heterocycles. The van der Waals surface area contributed by atoms with Crippen molar-refractivity contribution in [1.29, 1.82) is 0 Å². The van der Waals surface area contributed by atoms with E-state index in [4.69, 9.17) is 4.74 Å². The molecule has 0 aliphatic rings. The fourth-order valence-electron chi connectivity index (χ4n) is 1.65. The van der Waals surface area contributed by atoms with Gasteiger partial charge in [0.25, 0.3) is 0 Å². The first kappa shape index (κ1) is 14.3. The number of unbranched alkanes of at least 4 members (excludes halogenated alkanes) is 2. The second kappa shape index (κ2) is 7.55. The molecule has 1 atom stereocenters. The van der Waals surface area contributed by atoms with Crippen molar-refractivity contribution in [2.45, 2.75) is 46.1 Å². The molecule has 0 radical (unpaired) electrons. The Morgan fingerprint density at radius 3 is 2.72 bits per heavy atom. The third-order valence-electron chi connectivity index (χ3n) is 2.64. The maximum Gasteiger partial charge on any atom is 0.304 e. The molecule has 96 valence electrons. The second-order valence-electron chi connectivity index (χ2n) is 4.27. The van der Waals surface area contributed by atoms with Gasteiger partial charge in [0.05, 0.1) is 0 Å². The van der Waals surface area contributed by atoms with Crippen LogP contribution in [0.1, 0.15) is 50.3 Å². The summed E-state index contributed by atoms with van der Waals surface area (Å²) in [5, 5.41) is 0. The van der Waals surface area contributed by atoms with Crippen molar-refractivity contribution < 1.29 is 9.53 Å². The van der Waals surface area contributed by atoms with Gasteiger partial charge in [-0.2, -0.15) is 0 Å². The molecule has 0 spiro atoms. The average Bonchev–Trinajstić information content (AvgIpc) is 2.33. The Morgan fingerprint density at radius 1 is 1.39 bits per heavy atom. The van der Waals surface area contributed by atoms with Gasteiger partial charge in [0.15, 0.2) is 6.10 Å². The van der Waals surface area contributed by atoms with Crippen molar-refractivity contribution in [3.63, 3.8) is 0 Å². The molecule has 0 amide bonds. The molecule has 0 bridgehead atoms. The standard InChI is InChI=1S/C16H20O2/c1-4-5-6-7-12-16(18-14(3)17)15-11-9-8-10-13(15)2/h8-11,16H,4-6H2,1-3H3/t16-/m0/s1. The van der Waals surface area contributed by atoms with Crippen LogP contribution < -0.4 is 0 Å². The summed E-state index contributed by atoms with van der Waals surface area (Å²) in [6.07, 6.45) is 2.60. The Bertz CT molecular complexity index is 452.